The van der Waals surface area contributed by atoms with Crippen LogP contribution in [0, 0.1) is 6.92 Å². The lowest BCUT2D eigenvalue weighted by Crippen LogP contribution is -2.17. The minimum absolute atomic E-state index is 0.327. The smallest absolute Gasteiger partial charge is 0.197 e. The molecule has 0 fully saturated rings. The zero-order chi connectivity index (χ0) is 13.8. The summed E-state index contributed by atoms with van der Waals surface area (Å²) in [5.74, 6) is 0.903. The Labute approximate surface area is 117 Å². The first-order valence-electron chi connectivity index (χ1n) is 6.35. The third-order valence-corrected chi connectivity index (χ3v) is 4.01. The van der Waals surface area contributed by atoms with Crippen LogP contribution >= 0.6 is 11.8 Å². The van der Waals surface area contributed by atoms with Crippen LogP contribution in [0.5, 0.6) is 0 Å². The normalized spacial score (nSPS) is 12.6. The average molecular weight is 277 g/mol. The van der Waals surface area contributed by atoms with Gasteiger partial charge in [0.05, 0.1) is 0 Å². The van der Waals surface area contributed by atoms with Gasteiger partial charge in [0.15, 0.2) is 5.16 Å². The number of nitrogens with one attached hydrogen (secondary N) is 1. The fraction of sp³-hybridized carbons (Fsp3) is 0.462. The number of rotatable bonds is 5. The fourth-order valence-corrected chi connectivity index (χ4v) is 2.48. The van der Waals surface area contributed by atoms with Crippen molar-refractivity contribution in [1.29, 1.82) is 0 Å². The summed E-state index contributed by atoms with van der Waals surface area (Å²) in [7, 11) is 1.96. The summed E-state index contributed by atoms with van der Waals surface area (Å²) in [5, 5.41) is 13.3. The van der Waals surface area contributed by atoms with E-state index in [9.17, 15) is 0 Å². The van der Waals surface area contributed by atoms with Crippen LogP contribution in [0.4, 0.5) is 0 Å². The van der Waals surface area contributed by atoms with Gasteiger partial charge in [0.25, 0.3) is 0 Å². The van der Waals surface area contributed by atoms with Crippen LogP contribution in [0.1, 0.15) is 31.3 Å². The summed E-state index contributed by atoms with van der Waals surface area (Å²) in [4.78, 5) is 4.47. The maximum Gasteiger partial charge on any atom is 0.197 e. The minimum atomic E-state index is 0.327. The van der Waals surface area contributed by atoms with Gasteiger partial charge in [-0.25, -0.2) is 4.98 Å². The van der Waals surface area contributed by atoms with Crippen molar-refractivity contribution in [2.75, 3.05) is 6.54 Å². The second-order valence-electron chi connectivity index (χ2n) is 4.40. The van der Waals surface area contributed by atoms with Crippen LogP contribution in [0.25, 0.3) is 0 Å². The van der Waals surface area contributed by atoms with Gasteiger partial charge in [0.1, 0.15) is 10.9 Å². The first-order valence-corrected chi connectivity index (χ1v) is 7.16. The summed E-state index contributed by atoms with van der Waals surface area (Å²) >= 11 is 1.53. The Kier molecular flexibility index (Phi) is 4.55. The minimum Gasteiger partial charge on any atom is -0.310 e. The number of pyridine rings is 1. The van der Waals surface area contributed by atoms with Crippen molar-refractivity contribution in [3.05, 3.63) is 29.7 Å². The van der Waals surface area contributed by atoms with Crippen molar-refractivity contribution in [3.8, 4) is 0 Å². The second kappa shape index (κ2) is 6.16. The van der Waals surface area contributed by atoms with E-state index in [2.05, 4.69) is 40.4 Å². The molecule has 0 bridgehead atoms. The highest BCUT2D eigenvalue weighted by Crippen LogP contribution is 2.24. The maximum absolute atomic E-state index is 4.47. The Hall–Kier alpha value is -1.40. The zero-order valence-corrected chi connectivity index (χ0v) is 12.5. The largest absolute Gasteiger partial charge is 0.310 e. The van der Waals surface area contributed by atoms with E-state index >= 15 is 0 Å². The highest BCUT2D eigenvalue weighted by Gasteiger charge is 2.09. The summed E-state index contributed by atoms with van der Waals surface area (Å²) in [6.07, 6.45) is 1.92. The Morgan fingerprint density at radius 1 is 1.37 bits per heavy atom. The molecule has 2 rings (SSSR count). The van der Waals surface area contributed by atoms with Gasteiger partial charge in [0, 0.05) is 19.3 Å². The van der Waals surface area contributed by atoms with E-state index in [1.807, 2.05) is 30.8 Å². The van der Waals surface area contributed by atoms with Gasteiger partial charge in [-0.15, -0.1) is 10.2 Å². The van der Waals surface area contributed by atoms with Gasteiger partial charge >= 0.3 is 0 Å². The van der Waals surface area contributed by atoms with Crippen molar-refractivity contribution in [2.24, 2.45) is 7.05 Å². The molecule has 0 saturated heterocycles. The molecular formula is C13H19N5S. The fourth-order valence-electron chi connectivity index (χ4n) is 1.70. The molecule has 6 heteroatoms. The van der Waals surface area contributed by atoms with Crippen molar-refractivity contribution < 1.29 is 0 Å². The molecule has 2 heterocycles. The number of nitrogens with zero attached hydrogens (tertiary/aromatic N) is 4. The molecule has 5 nitrogen and oxygen atoms in total. The third kappa shape index (κ3) is 3.33. The Balaban J connectivity index is 2.08. The van der Waals surface area contributed by atoms with Crippen LogP contribution in [0.3, 0.4) is 0 Å². The molecule has 1 N–H and O–H groups in total. The predicted octanol–water partition coefficient (Wildman–Crippen LogP) is 2.34. The van der Waals surface area contributed by atoms with Crippen molar-refractivity contribution in [2.45, 2.75) is 37.0 Å². The second-order valence-corrected chi connectivity index (χ2v) is 5.39. The predicted molar refractivity (Wildman–Crippen MR) is 76.2 cm³/mol. The molecule has 0 radical (unpaired) electrons. The lowest BCUT2D eigenvalue weighted by Gasteiger charge is -2.12. The molecule has 0 saturated carbocycles. The van der Waals surface area contributed by atoms with Crippen molar-refractivity contribution in [1.82, 2.24) is 25.1 Å². The van der Waals surface area contributed by atoms with Gasteiger partial charge in [0.2, 0.25) is 0 Å². The Bertz CT molecular complexity index is 534. The van der Waals surface area contributed by atoms with Crippen molar-refractivity contribution >= 4 is 11.8 Å². The molecule has 2 aromatic rings. The van der Waals surface area contributed by atoms with E-state index in [0.717, 1.165) is 22.6 Å². The standard InChI is InChI=1S/C13H19N5S/c1-5-14-9(2)11-6-7-12(15-8-11)19-13-17-16-10(3)18(13)4/h6-9,14H,5H2,1-4H3. The van der Waals surface area contributed by atoms with Crippen molar-refractivity contribution in [3.63, 3.8) is 0 Å². The Morgan fingerprint density at radius 2 is 2.16 bits per heavy atom. The van der Waals surface area contributed by atoms with E-state index in [-0.39, 0.29) is 0 Å². The molecule has 0 aliphatic rings. The summed E-state index contributed by atoms with van der Waals surface area (Å²) in [5.41, 5.74) is 1.19. The van der Waals surface area contributed by atoms with Gasteiger partial charge in [-0.2, -0.15) is 0 Å². The van der Waals surface area contributed by atoms with E-state index in [1.54, 1.807) is 0 Å². The molecule has 0 aliphatic heterocycles. The third-order valence-electron chi connectivity index (χ3n) is 3.02. The van der Waals surface area contributed by atoms with Crippen LogP contribution in [-0.2, 0) is 7.05 Å². The van der Waals surface area contributed by atoms with Gasteiger partial charge < -0.3 is 9.88 Å². The first-order chi connectivity index (χ1) is 9.11. The highest BCUT2D eigenvalue weighted by molar-refractivity contribution is 7.99. The SMILES string of the molecule is CCNC(C)c1ccc(Sc2nnc(C)n2C)nc1. The molecule has 1 atom stereocenters. The highest BCUT2D eigenvalue weighted by atomic mass is 32.2. The maximum atomic E-state index is 4.47. The molecule has 2 aromatic heterocycles. The van der Waals surface area contributed by atoms with Gasteiger partial charge in [-0.3, -0.25) is 0 Å². The molecule has 102 valence electrons. The molecular weight excluding hydrogens is 258 g/mol. The zero-order valence-electron chi connectivity index (χ0n) is 11.7. The molecule has 0 amide bonds. The van der Waals surface area contributed by atoms with E-state index in [1.165, 1.54) is 17.3 Å². The lowest BCUT2D eigenvalue weighted by atomic mass is 10.1. The van der Waals surface area contributed by atoms with Crippen LogP contribution in [-0.4, -0.2) is 26.3 Å². The summed E-state index contributed by atoms with van der Waals surface area (Å²) < 4.78 is 1.96. The topological polar surface area (TPSA) is 55.6 Å². The number of aromatic nitrogens is 4. The number of aryl methyl sites for hydroxylation is 1. The summed E-state index contributed by atoms with van der Waals surface area (Å²) in [6, 6.07) is 4.46. The quantitative estimate of drug-likeness (QED) is 0.909. The van der Waals surface area contributed by atoms with Crippen LogP contribution < -0.4 is 5.32 Å². The van der Waals surface area contributed by atoms with E-state index in [0.29, 0.717) is 6.04 Å². The molecule has 1 unspecified atom stereocenters. The molecule has 0 aromatic carbocycles. The van der Waals surface area contributed by atoms with E-state index < -0.39 is 0 Å². The van der Waals surface area contributed by atoms with Gasteiger partial charge in [-0.1, -0.05) is 13.0 Å². The molecule has 19 heavy (non-hydrogen) atoms. The molecule has 0 spiro atoms. The monoisotopic (exact) mass is 277 g/mol. The van der Waals surface area contributed by atoms with Gasteiger partial charge in [-0.05, 0) is 43.8 Å². The van der Waals surface area contributed by atoms with Crippen LogP contribution in [0.2, 0.25) is 0 Å². The lowest BCUT2D eigenvalue weighted by molar-refractivity contribution is 0.595. The Morgan fingerprint density at radius 3 is 2.68 bits per heavy atom. The van der Waals surface area contributed by atoms with Crippen LogP contribution in [0.15, 0.2) is 28.5 Å². The average Bonchev–Trinajstić information content (AvgIpc) is 2.72. The molecule has 0 aliphatic carbocycles. The first kappa shape index (κ1) is 14.0. The number of hydrogen-bond acceptors (Lipinski definition) is 5. The number of hydrogen-bond donors (Lipinski definition) is 1. The summed E-state index contributed by atoms with van der Waals surface area (Å²) in [6.45, 7) is 7.13. The van der Waals surface area contributed by atoms with E-state index in [4.69, 9.17) is 0 Å².